The van der Waals surface area contributed by atoms with Crippen molar-refractivity contribution in [3.63, 3.8) is 0 Å². The number of nitrogens with two attached hydrogens (primary N) is 1. The van der Waals surface area contributed by atoms with Gasteiger partial charge in [-0.1, -0.05) is 20.8 Å². The van der Waals surface area contributed by atoms with Crippen molar-refractivity contribution in [3.05, 3.63) is 0 Å². The lowest BCUT2D eigenvalue weighted by molar-refractivity contribution is -0.133. The summed E-state index contributed by atoms with van der Waals surface area (Å²) in [6.07, 6.45) is 0.585. The van der Waals surface area contributed by atoms with Crippen molar-refractivity contribution in [2.75, 3.05) is 23.8 Å². The number of nitrogens with zero attached hydrogens (tertiary/aromatic N) is 1. The van der Waals surface area contributed by atoms with Crippen molar-refractivity contribution in [3.8, 4) is 0 Å². The van der Waals surface area contributed by atoms with Gasteiger partial charge >= 0.3 is 0 Å². The summed E-state index contributed by atoms with van der Waals surface area (Å²) in [5, 5.41) is -0.707. The van der Waals surface area contributed by atoms with Crippen LogP contribution in [0.25, 0.3) is 0 Å². The van der Waals surface area contributed by atoms with Crippen molar-refractivity contribution in [1.29, 1.82) is 0 Å². The quantitative estimate of drug-likeness (QED) is 0.808. The smallest absolute Gasteiger partial charge is 0.240 e. The zero-order valence-electron chi connectivity index (χ0n) is 11.8. The molecule has 0 aliphatic carbocycles. The lowest BCUT2D eigenvalue weighted by Gasteiger charge is -2.36. The second-order valence-electron chi connectivity index (χ2n) is 5.25. The van der Waals surface area contributed by atoms with Gasteiger partial charge in [-0.15, -0.1) is 0 Å². The molecular formula is C12H24N2O3S2. The molecule has 7 heteroatoms. The monoisotopic (exact) mass is 308 g/mol. The van der Waals surface area contributed by atoms with Crippen LogP contribution in [0.4, 0.5) is 0 Å². The van der Waals surface area contributed by atoms with Crippen molar-refractivity contribution >= 4 is 27.5 Å². The van der Waals surface area contributed by atoms with E-state index in [4.69, 9.17) is 5.73 Å². The zero-order chi connectivity index (χ0) is 14.6. The van der Waals surface area contributed by atoms with Gasteiger partial charge in [0.25, 0.3) is 0 Å². The van der Waals surface area contributed by atoms with Gasteiger partial charge in [0.15, 0.2) is 9.84 Å². The third kappa shape index (κ3) is 4.36. The van der Waals surface area contributed by atoms with Crippen LogP contribution in [0.15, 0.2) is 0 Å². The molecule has 0 spiro atoms. The fourth-order valence-electron chi connectivity index (χ4n) is 2.14. The molecule has 1 aliphatic heterocycles. The number of sulfone groups is 1. The van der Waals surface area contributed by atoms with E-state index in [1.54, 1.807) is 18.7 Å². The molecule has 0 aromatic carbocycles. The van der Waals surface area contributed by atoms with Gasteiger partial charge in [-0.3, -0.25) is 4.79 Å². The summed E-state index contributed by atoms with van der Waals surface area (Å²) in [4.78, 5) is 13.8. The van der Waals surface area contributed by atoms with Crippen LogP contribution in [0.3, 0.4) is 0 Å². The molecule has 1 heterocycles. The molecule has 2 N–H and O–H groups in total. The van der Waals surface area contributed by atoms with Gasteiger partial charge in [0.2, 0.25) is 5.91 Å². The number of hydrogen-bond donors (Lipinski definition) is 1. The molecular weight excluding hydrogens is 284 g/mol. The topological polar surface area (TPSA) is 80.5 Å². The summed E-state index contributed by atoms with van der Waals surface area (Å²) in [6, 6.07) is -0.599. The molecule has 0 saturated carbocycles. The summed E-state index contributed by atoms with van der Waals surface area (Å²) in [5.74, 6) is 1.38. The fraction of sp³-hybridized carbons (Fsp3) is 0.917. The van der Waals surface area contributed by atoms with E-state index in [1.165, 1.54) is 4.90 Å². The molecule has 0 radical (unpaired) electrons. The van der Waals surface area contributed by atoms with Gasteiger partial charge < -0.3 is 10.6 Å². The number of thioether (sulfide) groups is 1. The highest BCUT2D eigenvalue weighted by atomic mass is 32.2. The molecule has 1 aliphatic rings. The van der Waals surface area contributed by atoms with Crippen molar-refractivity contribution in [1.82, 2.24) is 4.90 Å². The molecule has 1 amide bonds. The Hall–Kier alpha value is -0.270. The molecule has 19 heavy (non-hydrogen) atoms. The SMILES string of the molecule is CCS(=O)(=O)C1CSCCN1C(=O)[C@H](N)CC(C)C. The Balaban J connectivity index is 2.85. The first-order chi connectivity index (χ1) is 8.79. The van der Waals surface area contributed by atoms with Gasteiger partial charge in [-0.25, -0.2) is 8.42 Å². The first-order valence-corrected chi connectivity index (χ1v) is 9.52. The molecule has 0 bridgehead atoms. The van der Waals surface area contributed by atoms with E-state index in [2.05, 4.69) is 0 Å². The highest BCUT2D eigenvalue weighted by Crippen LogP contribution is 2.22. The molecule has 0 aromatic rings. The first kappa shape index (κ1) is 16.8. The van der Waals surface area contributed by atoms with Crippen LogP contribution in [0, 0.1) is 5.92 Å². The maximum absolute atomic E-state index is 12.3. The Morgan fingerprint density at radius 3 is 2.63 bits per heavy atom. The average molecular weight is 308 g/mol. The Morgan fingerprint density at radius 1 is 1.47 bits per heavy atom. The van der Waals surface area contributed by atoms with E-state index >= 15 is 0 Å². The zero-order valence-corrected chi connectivity index (χ0v) is 13.5. The van der Waals surface area contributed by atoms with Crippen LogP contribution in [-0.4, -0.2) is 54.4 Å². The average Bonchev–Trinajstić information content (AvgIpc) is 2.37. The molecule has 1 unspecified atom stereocenters. The van der Waals surface area contributed by atoms with E-state index in [0.717, 1.165) is 5.75 Å². The third-order valence-corrected chi connectivity index (χ3v) is 6.52. The van der Waals surface area contributed by atoms with Crippen LogP contribution >= 0.6 is 11.8 Å². The van der Waals surface area contributed by atoms with E-state index in [1.807, 2.05) is 13.8 Å². The van der Waals surface area contributed by atoms with E-state index < -0.39 is 21.3 Å². The number of hydrogen-bond acceptors (Lipinski definition) is 5. The largest absolute Gasteiger partial charge is 0.323 e. The van der Waals surface area contributed by atoms with Gasteiger partial charge in [-0.05, 0) is 12.3 Å². The highest BCUT2D eigenvalue weighted by Gasteiger charge is 2.37. The Morgan fingerprint density at radius 2 is 2.11 bits per heavy atom. The Labute approximate surface area is 120 Å². The van der Waals surface area contributed by atoms with Crippen LogP contribution in [0.2, 0.25) is 0 Å². The minimum absolute atomic E-state index is 0.0570. The fourth-order valence-corrected chi connectivity index (χ4v) is 5.12. The molecule has 5 nitrogen and oxygen atoms in total. The molecule has 112 valence electrons. The summed E-state index contributed by atoms with van der Waals surface area (Å²) in [7, 11) is -3.25. The van der Waals surface area contributed by atoms with Crippen LogP contribution in [0.1, 0.15) is 27.2 Å². The summed E-state index contributed by atoms with van der Waals surface area (Å²) < 4.78 is 24.1. The van der Waals surface area contributed by atoms with E-state index in [-0.39, 0.29) is 11.7 Å². The Bertz CT molecular complexity index is 409. The summed E-state index contributed by atoms with van der Waals surface area (Å²) in [6.45, 7) is 6.09. The second kappa shape index (κ2) is 6.95. The van der Waals surface area contributed by atoms with Crippen molar-refractivity contribution in [2.45, 2.75) is 38.6 Å². The number of carbonyl (C=O) groups excluding carboxylic acids is 1. The van der Waals surface area contributed by atoms with E-state index in [9.17, 15) is 13.2 Å². The van der Waals surface area contributed by atoms with Crippen molar-refractivity contribution in [2.24, 2.45) is 11.7 Å². The normalized spacial score (nSPS) is 22.6. The number of carbonyl (C=O) groups is 1. The minimum atomic E-state index is -3.25. The Kier molecular flexibility index (Phi) is 6.14. The molecule has 2 atom stereocenters. The van der Waals surface area contributed by atoms with Gasteiger partial charge in [0.1, 0.15) is 5.37 Å². The maximum Gasteiger partial charge on any atom is 0.240 e. The summed E-state index contributed by atoms with van der Waals surface area (Å²) >= 11 is 1.58. The third-order valence-electron chi connectivity index (χ3n) is 3.23. The van der Waals surface area contributed by atoms with Crippen LogP contribution < -0.4 is 5.73 Å². The number of rotatable bonds is 5. The maximum atomic E-state index is 12.3. The molecule has 1 rings (SSSR count). The van der Waals surface area contributed by atoms with Gasteiger partial charge in [0.05, 0.1) is 6.04 Å². The van der Waals surface area contributed by atoms with Crippen LogP contribution in [0.5, 0.6) is 0 Å². The minimum Gasteiger partial charge on any atom is -0.323 e. The highest BCUT2D eigenvalue weighted by molar-refractivity contribution is 8.01. The van der Waals surface area contributed by atoms with Crippen LogP contribution in [-0.2, 0) is 14.6 Å². The summed E-state index contributed by atoms with van der Waals surface area (Å²) in [5.41, 5.74) is 5.90. The molecule has 1 fully saturated rings. The molecule has 1 saturated heterocycles. The standard InChI is InChI=1S/C12H24N2O3S2/c1-4-19(16,17)11-8-18-6-5-14(11)12(15)10(13)7-9(2)3/h9-11H,4-8,13H2,1-3H3/t10-,11?/m1/s1. The van der Waals surface area contributed by atoms with Crippen molar-refractivity contribution < 1.29 is 13.2 Å². The van der Waals surface area contributed by atoms with Gasteiger partial charge in [0, 0.05) is 23.8 Å². The predicted molar refractivity (Wildman–Crippen MR) is 79.7 cm³/mol. The lowest BCUT2D eigenvalue weighted by atomic mass is 10.0. The predicted octanol–water partition coefficient (Wildman–Crippen LogP) is 0.696. The van der Waals surface area contributed by atoms with Gasteiger partial charge in [-0.2, -0.15) is 11.8 Å². The molecule has 0 aromatic heterocycles. The lowest BCUT2D eigenvalue weighted by Crippen LogP contribution is -2.55. The first-order valence-electron chi connectivity index (χ1n) is 6.65. The second-order valence-corrected chi connectivity index (χ2v) is 8.85. The number of amides is 1. The van der Waals surface area contributed by atoms with E-state index in [0.29, 0.717) is 24.6 Å².